The summed E-state index contributed by atoms with van der Waals surface area (Å²) in [5.41, 5.74) is 0.141. The van der Waals surface area contributed by atoms with Crippen molar-refractivity contribution in [2.45, 2.75) is 64.0 Å². The van der Waals surface area contributed by atoms with Crippen molar-refractivity contribution < 1.29 is 23.9 Å². The Morgan fingerprint density at radius 1 is 1.23 bits per heavy atom. The summed E-state index contributed by atoms with van der Waals surface area (Å²) in [6, 6.07) is -0.140. The number of esters is 2. The number of Topliss-reactive ketones (excluding diaryl/α,β-unsaturated/α-hetero) is 1. The largest absolute Gasteiger partial charge is 0.464 e. The minimum absolute atomic E-state index is 0.0167. The highest BCUT2D eigenvalue weighted by Gasteiger charge is 2.37. The molecule has 2 saturated carbocycles. The summed E-state index contributed by atoms with van der Waals surface area (Å²) in [7, 11) is 1.29. The summed E-state index contributed by atoms with van der Waals surface area (Å²) >= 11 is 0. The van der Waals surface area contributed by atoms with Crippen molar-refractivity contribution >= 4 is 17.7 Å². The van der Waals surface area contributed by atoms with Crippen LogP contribution in [0.15, 0.2) is 6.20 Å². The van der Waals surface area contributed by atoms with Gasteiger partial charge in [0.1, 0.15) is 11.9 Å². The van der Waals surface area contributed by atoms with E-state index in [4.69, 9.17) is 4.74 Å². The van der Waals surface area contributed by atoms with Crippen LogP contribution in [0.4, 0.5) is 0 Å². The highest BCUT2D eigenvalue weighted by atomic mass is 16.5. The maximum atomic E-state index is 12.7. The van der Waals surface area contributed by atoms with E-state index in [1.54, 1.807) is 10.9 Å². The number of ketones is 1. The molecule has 0 radical (unpaired) electrons. The third kappa shape index (κ3) is 3.94. The van der Waals surface area contributed by atoms with Gasteiger partial charge >= 0.3 is 11.9 Å². The van der Waals surface area contributed by atoms with E-state index in [1.807, 2.05) is 6.92 Å². The van der Waals surface area contributed by atoms with Crippen molar-refractivity contribution in [1.82, 2.24) is 15.0 Å². The smallest absolute Gasteiger partial charge is 0.360 e. The zero-order chi connectivity index (χ0) is 18.7. The van der Waals surface area contributed by atoms with Crippen molar-refractivity contribution in [2.75, 3.05) is 7.11 Å². The van der Waals surface area contributed by atoms with Crippen LogP contribution in [-0.2, 0) is 19.1 Å². The molecule has 2 aliphatic rings. The molecule has 26 heavy (non-hydrogen) atoms. The molecule has 0 bridgehead atoms. The Morgan fingerprint density at radius 2 is 2.00 bits per heavy atom. The molecule has 1 heterocycles. The van der Waals surface area contributed by atoms with Crippen LogP contribution in [0.2, 0.25) is 0 Å². The maximum Gasteiger partial charge on any atom is 0.360 e. The van der Waals surface area contributed by atoms with Crippen LogP contribution in [0.5, 0.6) is 0 Å². The number of hydrogen-bond donors (Lipinski definition) is 0. The van der Waals surface area contributed by atoms with E-state index >= 15 is 0 Å². The van der Waals surface area contributed by atoms with Gasteiger partial charge in [0.25, 0.3) is 0 Å². The molecule has 3 rings (SSSR count). The number of methoxy groups -OCH3 is 1. The lowest BCUT2D eigenvalue weighted by atomic mass is 9.80. The molecular formula is C18H25N3O5. The lowest BCUT2D eigenvalue weighted by Gasteiger charge is -2.33. The number of carbonyl (C=O) groups is 3. The Morgan fingerprint density at radius 3 is 2.73 bits per heavy atom. The topological polar surface area (TPSA) is 100 Å². The van der Waals surface area contributed by atoms with Crippen molar-refractivity contribution in [3.05, 3.63) is 11.9 Å². The lowest BCUT2D eigenvalue weighted by molar-refractivity contribution is -0.161. The van der Waals surface area contributed by atoms with Crippen LogP contribution in [-0.4, -0.2) is 45.9 Å². The minimum Gasteiger partial charge on any atom is -0.464 e. The van der Waals surface area contributed by atoms with E-state index in [0.29, 0.717) is 19.3 Å². The average Bonchev–Trinajstić information content (AvgIpc) is 3.11. The van der Waals surface area contributed by atoms with Gasteiger partial charge in [0.05, 0.1) is 25.3 Å². The second kappa shape index (κ2) is 7.97. The number of hydrogen-bond acceptors (Lipinski definition) is 7. The van der Waals surface area contributed by atoms with Crippen molar-refractivity contribution in [3.8, 4) is 0 Å². The monoisotopic (exact) mass is 363 g/mol. The van der Waals surface area contributed by atoms with E-state index in [0.717, 1.165) is 25.7 Å². The molecule has 8 heteroatoms. The van der Waals surface area contributed by atoms with Gasteiger partial charge in [-0.1, -0.05) is 18.6 Å². The second-order valence-corrected chi connectivity index (χ2v) is 7.27. The molecule has 0 N–H and O–H groups in total. The van der Waals surface area contributed by atoms with E-state index in [9.17, 15) is 14.4 Å². The van der Waals surface area contributed by atoms with Gasteiger partial charge in [0, 0.05) is 12.8 Å². The van der Waals surface area contributed by atoms with Crippen LogP contribution < -0.4 is 0 Å². The van der Waals surface area contributed by atoms with Gasteiger partial charge in [-0.3, -0.25) is 9.59 Å². The SMILES string of the molecule is COC(=O)c1cn([C@@H]2CCCC[C@H]2OC(=O)[C@H]2CCC(=O)C[C@H]2C)nn1. The number of rotatable bonds is 4. The number of nitrogens with zero attached hydrogens (tertiary/aromatic N) is 3. The summed E-state index contributed by atoms with van der Waals surface area (Å²) in [5.74, 6) is -0.758. The highest BCUT2D eigenvalue weighted by Crippen LogP contribution is 2.34. The summed E-state index contributed by atoms with van der Waals surface area (Å²) in [6.07, 6.45) is 6.24. The molecule has 0 aromatic carbocycles. The molecule has 1 aromatic heterocycles. The van der Waals surface area contributed by atoms with Crippen LogP contribution >= 0.6 is 0 Å². The summed E-state index contributed by atoms with van der Waals surface area (Å²) < 4.78 is 12.1. The standard InChI is InChI=1S/C18H25N3O5/c1-11-9-12(22)7-8-13(11)17(23)26-16-6-4-3-5-15(16)21-10-14(19-20-21)18(24)25-2/h10-11,13,15-16H,3-9H2,1-2H3/t11-,13+,15-,16-/m1/s1. The molecular weight excluding hydrogens is 338 g/mol. The number of carbonyl (C=O) groups excluding carboxylic acids is 3. The first kappa shape index (κ1) is 18.5. The highest BCUT2D eigenvalue weighted by molar-refractivity contribution is 5.86. The fourth-order valence-corrected chi connectivity index (χ4v) is 3.95. The third-order valence-electron chi connectivity index (χ3n) is 5.45. The van der Waals surface area contributed by atoms with E-state index in [2.05, 4.69) is 15.0 Å². The molecule has 0 saturated heterocycles. The summed E-state index contributed by atoms with van der Waals surface area (Å²) in [5, 5.41) is 7.88. The molecule has 8 nitrogen and oxygen atoms in total. The van der Waals surface area contributed by atoms with Crippen molar-refractivity contribution in [2.24, 2.45) is 11.8 Å². The molecule has 1 aromatic rings. The Labute approximate surface area is 152 Å². The predicted octanol–water partition coefficient (Wildman–Crippen LogP) is 2.10. The fourth-order valence-electron chi connectivity index (χ4n) is 3.95. The first-order valence-electron chi connectivity index (χ1n) is 9.22. The molecule has 2 fully saturated rings. The van der Waals surface area contributed by atoms with Crippen LogP contribution in [0, 0.1) is 11.8 Å². The van der Waals surface area contributed by atoms with Gasteiger partial charge in [-0.15, -0.1) is 5.10 Å². The van der Waals surface area contributed by atoms with Crippen LogP contribution in [0.1, 0.15) is 68.4 Å². The van der Waals surface area contributed by atoms with E-state index in [-0.39, 0.29) is 41.4 Å². The normalized spacial score (nSPS) is 29.2. The Balaban J connectivity index is 1.69. The lowest BCUT2D eigenvalue weighted by Crippen LogP contribution is -2.37. The van der Waals surface area contributed by atoms with E-state index < -0.39 is 5.97 Å². The third-order valence-corrected chi connectivity index (χ3v) is 5.45. The molecule has 2 aliphatic carbocycles. The Bertz CT molecular complexity index is 686. The quantitative estimate of drug-likeness (QED) is 0.755. The van der Waals surface area contributed by atoms with Gasteiger partial charge in [-0.25, -0.2) is 9.48 Å². The van der Waals surface area contributed by atoms with Crippen molar-refractivity contribution in [1.29, 1.82) is 0 Å². The van der Waals surface area contributed by atoms with Gasteiger partial charge in [-0.05, 0) is 31.6 Å². The molecule has 0 spiro atoms. The van der Waals surface area contributed by atoms with Crippen LogP contribution in [0.25, 0.3) is 0 Å². The molecule has 0 amide bonds. The number of ether oxygens (including phenoxy) is 2. The first-order chi connectivity index (χ1) is 12.5. The van der Waals surface area contributed by atoms with Crippen LogP contribution in [0.3, 0.4) is 0 Å². The molecule has 4 atom stereocenters. The molecule has 0 unspecified atom stereocenters. The van der Waals surface area contributed by atoms with Gasteiger partial charge in [0.2, 0.25) is 0 Å². The van der Waals surface area contributed by atoms with Gasteiger partial charge in [-0.2, -0.15) is 0 Å². The first-order valence-corrected chi connectivity index (χ1v) is 9.22. The maximum absolute atomic E-state index is 12.7. The van der Waals surface area contributed by atoms with Gasteiger partial charge < -0.3 is 9.47 Å². The number of aromatic nitrogens is 3. The van der Waals surface area contributed by atoms with Crippen molar-refractivity contribution in [3.63, 3.8) is 0 Å². The van der Waals surface area contributed by atoms with E-state index in [1.165, 1.54) is 7.11 Å². The zero-order valence-corrected chi connectivity index (χ0v) is 15.2. The average molecular weight is 363 g/mol. The zero-order valence-electron chi connectivity index (χ0n) is 15.2. The fraction of sp³-hybridized carbons (Fsp3) is 0.722. The second-order valence-electron chi connectivity index (χ2n) is 7.27. The Kier molecular flexibility index (Phi) is 5.68. The summed E-state index contributed by atoms with van der Waals surface area (Å²) in [6.45, 7) is 1.93. The predicted molar refractivity (Wildman–Crippen MR) is 90.3 cm³/mol. The van der Waals surface area contributed by atoms with Gasteiger partial charge in [0.15, 0.2) is 5.69 Å². The molecule has 142 valence electrons. The Hall–Kier alpha value is -2.25. The summed E-state index contributed by atoms with van der Waals surface area (Å²) in [4.78, 5) is 35.8. The molecule has 0 aliphatic heterocycles. The minimum atomic E-state index is -0.540.